The van der Waals surface area contributed by atoms with E-state index < -0.39 is 0 Å². The molecule has 10 heavy (non-hydrogen) atoms. The van der Waals surface area contributed by atoms with Gasteiger partial charge < -0.3 is 10.1 Å². The van der Waals surface area contributed by atoms with Gasteiger partial charge in [0.15, 0.2) is 0 Å². The highest BCUT2D eigenvalue weighted by Gasteiger charge is 2.36. The molecule has 0 amide bonds. The molecule has 0 bridgehead atoms. The van der Waals surface area contributed by atoms with E-state index in [2.05, 4.69) is 12.2 Å². The van der Waals surface area contributed by atoms with Crippen LogP contribution in [-0.4, -0.2) is 25.8 Å². The SMILES string of the molecule is CCNCC1(OC)CCC1. The summed E-state index contributed by atoms with van der Waals surface area (Å²) in [4.78, 5) is 0. The van der Waals surface area contributed by atoms with Crippen LogP contribution in [0.2, 0.25) is 0 Å². The van der Waals surface area contributed by atoms with Crippen LogP contribution in [0.4, 0.5) is 0 Å². The van der Waals surface area contributed by atoms with Gasteiger partial charge in [0, 0.05) is 13.7 Å². The summed E-state index contributed by atoms with van der Waals surface area (Å²) in [5.41, 5.74) is 0.204. The fraction of sp³-hybridized carbons (Fsp3) is 1.00. The molecule has 1 saturated carbocycles. The van der Waals surface area contributed by atoms with Gasteiger partial charge in [-0.15, -0.1) is 0 Å². The van der Waals surface area contributed by atoms with Gasteiger partial charge in [0.25, 0.3) is 0 Å². The largest absolute Gasteiger partial charge is 0.377 e. The average Bonchev–Trinajstić information content (AvgIpc) is 1.87. The zero-order valence-electron chi connectivity index (χ0n) is 6.94. The lowest BCUT2D eigenvalue weighted by Gasteiger charge is -2.40. The van der Waals surface area contributed by atoms with Gasteiger partial charge in [-0.1, -0.05) is 6.92 Å². The lowest BCUT2D eigenvalue weighted by molar-refractivity contribution is -0.0690. The van der Waals surface area contributed by atoms with Crippen LogP contribution in [0.25, 0.3) is 0 Å². The van der Waals surface area contributed by atoms with E-state index in [9.17, 15) is 0 Å². The highest BCUT2D eigenvalue weighted by Crippen LogP contribution is 2.33. The van der Waals surface area contributed by atoms with Crippen molar-refractivity contribution in [1.29, 1.82) is 0 Å². The lowest BCUT2D eigenvalue weighted by atomic mass is 9.80. The van der Waals surface area contributed by atoms with E-state index in [1.807, 2.05) is 7.11 Å². The predicted octanol–water partition coefficient (Wildman–Crippen LogP) is 1.16. The smallest absolute Gasteiger partial charge is 0.0802 e. The maximum atomic E-state index is 5.41. The topological polar surface area (TPSA) is 21.3 Å². The van der Waals surface area contributed by atoms with E-state index in [0.717, 1.165) is 13.1 Å². The third-order valence-corrected chi connectivity index (χ3v) is 2.39. The molecule has 60 valence electrons. The Morgan fingerprint density at radius 2 is 2.20 bits per heavy atom. The van der Waals surface area contributed by atoms with Gasteiger partial charge in [-0.25, -0.2) is 0 Å². The normalized spacial score (nSPS) is 22.2. The number of hydrogen-bond acceptors (Lipinski definition) is 2. The van der Waals surface area contributed by atoms with Gasteiger partial charge in [-0.3, -0.25) is 0 Å². The second kappa shape index (κ2) is 3.35. The Kier molecular flexibility index (Phi) is 2.69. The molecule has 2 heteroatoms. The molecule has 0 aromatic rings. The average molecular weight is 143 g/mol. The third-order valence-electron chi connectivity index (χ3n) is 2.39. The van der Waals surface area contributed by atoms with Crippen LogP contribution in [0.5, 0.6) is 0 Å². The molecular formula is C8H17NO. The van der Waals surface area contributed by atoms with Crippen molar-refractivity contribution < 1.29 is 4.74 Å². The Hall–Kier alpha value is -0.0800. The predicted molar refractivity (Wildman–Crippen MR) is 42.1 cm³/mol. The number of nitrogens with one attached hydrogen (secondary N) is 1. The third kappa shape index (κ3) is 1.50. The summed E-state index contributed by atoms with van der Waals surface area (Å²) < 4.78 is 5.41. The van der Waals surface area contributed by atoms with Crippen LogP contribution in [0.3, 0.4) is 0 Å². The van der Waals surface area contributed by atoms with Gasteiger partial charge in [0.05, 0.1) is 5.60 Å². The minimum absolute atomic E-state index is 0.204. The van der Waals surface area contributed by atoms with Gasteiger partial charge >= 0.3 is 0 Å². The fourth-order valence-electron chi connectivity index (χ4n) is 1.38. The molecule has 0 saturated heterocycles. The van der Waals surface area contributed by atoms with Crippen LogP contribution < -0.4 is 5.32 Å². The number of methoxy groups -OCH3 is 1. The van der Waals surface area contributed by atoms with Gasteiger partial charge in [0.2, 0.25) is 0 Å². The van der Waals surface area contributed by atoms with Crippen molar-refractivity contribution in [2.75, 3.05) is 20.2 Å². The molecule has 0 aromatic heterocycles. The molecule has 1 aliphatic carbocycles. The van der Waals surface area contributed by atoms with Crippen molar-refractivity contribution >= 4 is 0 Å². The minimum atomic E-state index is 0.204. The Bertz CT molecular complexity index is 93.9. The summed E-state index contributed by atoms with van der Waals surface area (Å²) in [6, 6.07) is 0. The summed E-state index contributed by atoms with van der Waals surface area (Å²) in [5, 5.41) is 3.32. The molecule has 1 N–H and O–H groups in total. The van der Waals surface area contributed by atoms with Crippen LogP contribution >= 0.6 is 0 Å². The number of rotatable bonds is 4. The van der Waals surface area contributed by atoms with Crippen LogP contribution in [0.1, 0.15) is 26.2 Å². The highest BCUT2D eigenvalue weighted by molar-refractivity contribution is 4.91. The van der Waals surface area contributed by atoms with Crippen LogP contribution in [0, 0.1) is 0 Å². The zero-order chi connectivity index (χ0) is 7.45. The summed E-state index contributed by atoms with van der Waals surface area (Å²) in [7, 11) is 1.82. The van der Waals surface area contributed by atoms with Gasteiger partial charge in [0.1, 0.15) is 0 Å². The molecule has 0 radical (unpaired) electrons. The molecule has 1 fully saturated rings. The highest BCUT2D eigenvalue weighted by atomic mass is 16.5. The molecule has 0 aromatic carbocycles. The summed E-state index contributed by atoms with van der Waals surface area (Å²) in [6.07, 6.45) is 3.80. The summed E-state index contributed by atoms with van der Waals surface area (Å²) in [6.45, 7) is 4.20. The first-order valence-electron chi connectivity index (χ1n) is 4.09. The maximum absolute atomic E-state index is 5.41. The van der Waals surface area contributed by atoms with E-state index in [0.29, 0.717) is 0 Å². The van der Waals surface area contributed by atoms with Crippen LogP contribution in [0.15, 0.2) is 0 Å². The number of hydrogen-bond donors (Lipinski definition) is 1. The van der Waals surface area contributed by atoms with Crippen molar-refractivity contribution in [1.82, 2.24) is 5.32 Å². The Labute approximate surface area is 63.0 Å². The standard InChI is InChI=1S/C8H17NO/c1-3-9-7-8(10-2)5-4-6-8/h9H,3-7H2,1-2H3. The van der Waals surface area contributed by atoms with E-state index in [-0.39, 0.29) is 5.60 Å². The van der Waals surface area contributed by atoms with E-state index in [1.54, 1.807) is 0 Å². The Morgan fingerprint density at radius 3 is 2.50 bits per heavy atom. The number of likely N-dealkylation sites (N-methyl/N-ethyl adjacent to an activating group) is 1. The van der Waals surface area contributed by atoms with Gasteiger partial charge in [-0.2, -0.15) is 0 Å². The molecule has 0 unspecified atom stereocenters. The Morgan fingerprint density at radius 1 is 1.50 bits per heavy atom. The molecule has 0 heterocycles. The number of ether oxygens (including phenoxy) is 1. The van der Waals surface area contributed by atoms with Crippen molar-refractivity contribution in [3.8, 4) is 0 Å². The first-order valence-corrected chi connectivity index (χ1v) is 4.09. The molecule has 0 atom stereocenters. The lowest BCUT2D eigenvalue weighted by Crippen LogP contribution is -2.47. The summed E-state index contributed by atoms with van der Waals surface area (Å²) in [5.74, 6) is 0. The molecule has 0 spiro atoms. The molecule has 1 rings (SSSR count). The van der Waals surface area contributed by atoms with Crippen molar-refractivity contribution in [3.05, 3.63) is 0 Å². The second-order valence-electron chi connectivity index (χ2n) is 3.02. The monoisotopic (exact) mass is 143 g/mol. The first-order chi connectivity index (χ1) is 4.83. The van der Waals surface area contributed by atoms with E-state index in [4.69, 9.17) is 4.74 Å². The van der Waals surface area contributed by atoms with E-state index >= 15 is 0 Å². The first kappa shape index (κ1) is 8.02. The zero-order valence-corrected chi connectivity index (χ0v) is 6.94. The molecular weight excluding hydrogens is 126 g/mol. The van der Waals surface area contributed by atoms with Crippen LogP contribution in [-0.2, 0) is 4.74 Å². The van der Waals surface area contributed by atoms with Crippen molar-refractivity contribution in [2.45, 2.75) is 31.8 Å². The van der Waals surface area contributed by atoms with E-state index in [1.165, 1.54) is 19.3 Å². The molecule has 2 nitrogen and oxygen atoms in total. The minimum Gasteiger partial charge on any atom is -0.377 e. The molecule has 0 aliphatic heterocycles. The quantitative estimate of drug-likeness (QED) is 0.637. The second-order valence-corrected chi connectivity index (χ2v) is 3.02. The molecule has 1 aliphatic rings. The van der Waals surface area contributed by atoms with Gasteiger partial charge in [-0.05, 0) is 25.8 Å². The Balaban J connectivity index is 2.20. The van der Waals surface area contributed by atoms with Crippen molar-refractivity contribution in [2.24, 2.45) is 0 Å². The fourth-order valence-corrected chi connectivity index (χ4v) is 1.38. The van der Waals surface area contributed by atoms with Crippen molar-refractivity contribution in [3.63, 3.8) is 0 Å². The maximum Gasteiger partial charge on any atom is 0.0802 e. The summed E-state index contributed by atoms with van der Waals surface area (Å²) >= 11 is 0.